The molecule has 2 N–H and O–H groups in total. The second-order valence-electron chi connectivity index (χ2n) is 4.09. The van der Waals surface area contributed by atoms with E-state index in [0.717, 1.165) is 11.3 Å². The number of aryl methyl sites for hydroxylation is 1. The molecule has 0 bridgehead atoms. The molecule has 3 nitrogen and oxygen atoms in total. The maximum Gasteiger partial charge on any atom is 0.115 e. The van der Waals surface area contributed by atoms with Crippen molar-refractivity contribution >= 4 is 0 Å². The number of aromatic hydroxyl groups is 1. The lowest BCUT2D eigenvalue weighted by Crippen LogP contribution is -2.04. The molecule has 1 unspecified atom stereocenters. The van der Waals surface area contributed by atoms with Crippen molar-refractivity contribution in [3.63, 3.8) is 0 Å². The van der Waals surface area contributed by atoms with Gasteiger partial charge in [0.1, 0.15) is 5.75 Å². The van der Waals surface area contributed by atoms with Gasteiger partial charge in [-0.05, 0) is 36.8 Å². The number of pyridine rings is 1. The number of phenolic OH excluding ortho intramolecular Hbond substituents is 1. The summed E-state index contributed by atoms with van der Waals surface area (Å²) in [5.74, 6) is 0.233. The van der Waals surface area contributed by atoms with Gasteiger partial charge in [-0.2, -0.15) is 0 Å². The predicted molar refractivity (Wildman–Crippen MR) is 65.7 cm³/mol. The molecular formula is C14H15NO2. The quantitative estimate of drug-likeness (QED) is 0.849. The van der Waals surface area contributed by atoms with Crippen LogP contribution < -0.4 is 0 Å². The molecule has 0 saturated carbocycles. The van der Waals surface area contributed by atoms with Crippen molar-refractivity contribution < 1.29 is 10.2 Å². The Balaban J connectivity index is 2.11. The molecule has 88 valence electrons. The molecule has 0 radical (unpaired) electrons. The van der Waals surface area contributed by atoms with Gasteiger partial charge in [0.15, 0.2) is 0 Å². The molecule has 2 aromatic rings. The van der Waals surface area contributed by atoms with Gasteiger partial charge in [0.2, 0.25) is 0 Å². The second-order valence-corrected chi connectivity index (χ2v) is 4.09. The summed E-state index contributed by atoms with van der Waals surface area (Å²) in [6.45, 7) is 1.90. The van der Waals surface area contributed by atoms with Gasteiger partial charge in [-0.3, -0.25) is 4.98 Å². The highest BCUT2D eigenvalue weighted by Gasteiger charge is 2.09. The third kappa shape index (κ3) is 3.04. The molecule has 0 saturated heterocycles. The molecule has 3 heteroatoms. The van der Waals surface area contributed by atoms with Crippen molar-refractivity contribution in [2.75, 3.05) is 0 Å². The highest BCUT2D eigenvalue weighted by atomic mass is 16.3. The van der Waals surface area contributed by atoms with Crippen LogP contribution in [0.2, 0.25) is 0 Å². The van der Waals surface area contributed by atoms with Crippen LogP contribution in [0.1, 0.15) is 23.1 Å². The lowest BCUT2D eigenvalue weighted by atomic mass is 10.0. The Kier molecular flexibility index (Phi) is 3.40. The van der Waals surface area contributed by atoms with Crippen LogP contribution in [0.4, 0.5) is 0 Å². The zero-order valence-electron chi connectivity index (χ0n) is 9.67. The molecule has 1 heterocycles. The second kappa shape index (κ2) is 4.97. The lowest BCUT2D eigenvalue weighted by molar-refractivity contribution is 0.173. The average molecular weight is 229 g/mol. The number of aromatic nitrogens is 1. The number of nitrogens with zero attached hydrogens (tertiary/aromatic N) is 1. The summed E-state index contributed by atoms with van der Waals surface area (Å²) in [4.78, 5) is 4.29. The minimum atomic E-state index is -0.612. The third-order valence-corrected chi connectivity index (χ3v) is 2.62. The van der Waals surface area contributed by atoms with Crippen molar-refractivity contribution in [2.24, 2.45) is 0 Å². The Morgan fingerprint density at radius 2 is 1.82 bits per heavy atom. The van der Waals surface area contributed by atoms with Gasteiger partial charge < -0.3 is 10.2 Å². The summed E-state index contributed by atoms with van der Waals surface area (Å²) in [6.07, 6.45) is -0.115. The van der Waals surface area contributed by atoms with Crippen molar-refractivity contribution in [3.05, 3.63) is 59.4 Å². The number of aliphatic hydroxyl groups is 1. The predicted octanol–water partition coefficient (Wildman–Crippen LogP) is 2.37. The van der Waals surface area contributed by atoms with Crippen LogP contribution in [0.15, 0.2) is 42.5 Å². The van der Waals surface area contributed by atoms with Crippen LogP contribution in [-0.4, -0.2) is 15.2 Å². The van der Waals surface area contributed by atoms with E-state index in [2.05, 4.69) is 4.98 Å². The smallest absolute Gasteiger partial charge is 0.115 e. The number of hydrogen-bond acceptors (Lipinski definition) is 3. The first-order valence-electron chi connectivity index (χ1n) is 5.54. The fourth-order valence-corrected chi connectivity index (χ4v) is 1.71. The van der Waals surface area contributed by atoms with Gasteiger partial charge in [0, 0.05) is 12.1 Å². The largest absolute Gasteiger partial charge is 0.508 e. The van der Waals surface area contributed by atoms with Crippen LogP contribution in [0.5, 0.6) is 5.75 Å². The van der Waals surface area contributed by atoms with Gasteiger partial charge in [-0.1, -0.05) is 18.2 Å². The topological polar surface area (TPSA) is 53.4 Å². The molecule has 1 atom stereocenters. The first-order chi connectivity index (χ1) is 8.15. The van der Waals surface area contributed by atoms with E-state index in [0.29, 0.717) is 12.1 Å². The molecule has 1 aromatic carbocycles. The summed E-state index contributed by atoms with van der Waals surface area (Å²) < 4.78 is 0. The molecule has 0 fully saturated rings. The fourth-order valence-electron chi connectivity index (χ4n) is 1.71. The van der Waals surface area contributed by atoms with E-state index in [1.165, 1.54) is 0 Å². The Hall–Kier alpha value is -1.87. The van der Waals surface area contributed by atoms with Crippen LogP contribution >= 0.6 is 0 Å². The van der Waals surface area contributed by atoms with Crippen molar-refractivity contribution in [1.82, 2.24) is 4.98 Å². The molecule has 0 aliphatic carbocycles. The van der Waals surface area contributed by atoms with Gasteiger partial charge in [-0.15, -0.1) is 0 Å². The molecule has 0 aliphatic rings. The van der Waals surface area contributed by atoms with Crippen LogP contribution in [0, 0.1) is 6.92 Å². The van der Waals surface area contributed by atoms with Gasteiger partial charge in [0.25, 0.3) is 0 Å². The van der Waals surface area contributed by atoms with Crippen molar-refractivity contribution in [1.29, 1.82) is 0 Å². The zero-order valence-corrected chi connectivity index (χ0v) is 9.67. The van der Waals surface area contributed by atoms with E-state index in [1.54, 1.807) is 24.3 Å². The SMILES string of the molecule is Cc1cccc(C(O)Cc2ccc(O)cc2)n1. The molecule has 0 amide bonds. The zero-order chi connectivity index (χ0) is 12.3. The summed E-state index contributed by atoms with van der Waals surface area (Å²) in [5.41, 5.74) is 2.55. The Morgan fingerprint density at radius 3 is 2.47 bits per heavy atom. The van der Waals surface area contributed by atoms with E-state index in [1.807, 2.05) is 25.1 Å². The normalized spacial score (nSPS) is 12.4. The number of aliphatic hydroxyl groups excluding tert-OH is 1. The van der Waals surface area contributed by atoms with Crippen LogP contribution in [-0.2, 0) is 6.42 Å². The highest BCUT2D eigenvalue weighted by Crippen LogP contribution is 2.18. The molecular weight excluding hydrogens is 214 g/mol. The summed E-state index contributed by atoms with van der Waals surface area (Å²) in [6, 6.07) is 12.4. The number of hydrogen-bond donors (Lipinski definition) is 2. The Labute approximate surface area is 100 Å². The van der Waals surface area contributed by atoms with E-state index in [4.69, 9.17) is 5.11 Å². The fraction of sp³-hybridized carbons (Fsp3) is 0.214. The summed E-state index contributed by atoms with van der Waals surface area (Å²) >= 11 is 0. The molecule has 17 heavy (non-hydrogen) atoms. The minimum absolute atomic E-state index is 0.233. The standard InChI is InChI=1S/C14H15NO2/c1-10-3-2-4-13(15-10)14(17)9-11-5-7-12(16)8-6-11/h2-8,14,16-17H,9H2,1H3. The van der Waals surface area contributed by atoms with E-state index in [-0.39, 0.29) is 5.75 Å². The van der Waals surface area contributed by atoms with E-state index < -0.39 is 6.10 Å². The van der Waals surface area contributed by atoms with Gasteiger partial charge in [-0.25, -0.2) is 0 Å². The number of benzene rings is 1. The maximum absolute atomic E-state index is 10.0. The van der Waals surface area contributed by atoms with E-state index in [9.17, 15) is 5.11 Å². The number of rotatable bonds is 3. The van der Waals surface area contributed by atoms with E-state index >= 15 is 0 Å². The molecule has 0 aliphatic heterocycles. The lowest BCUT2D eigenvalue weighted by Gasteiger charge is -2.10. The molecule has 2 rings (SSSR count). The van der Waals surface area contributed by atoms with Crippen molar-refractivity contribution in [3.8, 4) is 5.75 Å². The Bertz CT molecular complexity index is 494. The van der Waals surface area contributed by atoms with Crippen LogP contribution in [0.25, 0.3) is 0 Å². The first kappa shape index (κ1) is 11.6. The van der Waals surface area contributed by atoms with Gasteiger partial charge in [0.05, 0.1) is 11.8 Å². The number of phenols is 1. The monoisotopic (exact) mass is 229 g/mol. The maximum atomic E-state index is 10.0. The van der Waals surface area contributed by atoms with Crippen molar-refractivity contribution in [2.45, 2.75) is 19.4 Å². The highest BCUT2D eigenvalue weighted by molar-refractivity contribution is 5.27. The van der Waals surface area contributed by atoms with Gasteiger partial charge >= 0.3 is 0 Å². The molecule has 0 spiro atoms. The first-order valence-corrected chi connectivity index (χ1v) is 5.54. The third-order valence-electron chi connectivity index (χ3n) is 2.62. The minimum Gasteiger partial charge on any atom is -0.508 e. The molecule has 1 aromatic heterocycles. The summed E-state index contributed by atoms with van der Waals surface area (Å²) in [5, 5.41) is 19.2. The Morgan fingerprint density at radius 1 is 1.12 bits per heavy atom. The average Bonchev–Trinajstić information content (AvgIpc) is 2.32. The summed E-state index contributed by atoms with van der Waals surface area (Å²) in [7, 11) is 0. The van der Waals surface area contributed by atoms with Crippen LogP contribution in [0.3, 0.4) is 0 Å².